The summed E-state index contributed by atoms with van der Waals surface area (Å²) in [6.45, 7) is 2.58. The van der Waals surface area contributed by atoms with Gasteiger partial charge in [0.2, 0.25) is 5.88 Å². The second-order valence-electron chi connectivity index (χ2n) is 4.05. The predicted octanol–water partition coefficient (Wildman–Crippen LogP) is 1.44. The first-order chi connectivity index (χ1) is 9.80. The summed E-state index contributed by atoms with van der Waals surface area (Å²) in [4.78, 5) is 8.43. The summed E-state index contributed by atoms with van der Waals surface area (Å²) in [6, 6.07) is 7.36. The molecule has 6 heteroatoms. The van der Waals surface area contributed by atoms with Gasteiger partial charge in [0.25, 0.3) is 0 Å². The van der Waals surface area contributed by atoms with Gasteiger partial charge >= 0.3 is 0 Å². The quantitative estimate of drug-likeness (QED) is 0.612. The van der Waals surface area contributed by atoms with Crippen molar-refractivity contribution in [3.63, 3.8) is 0 Å². The Bertz CT molecular complexity index is 545. The van der Waals surface area contributed by atoms with Crippen LogP contribution in [0, 0.1) is 0 Å². The molecular weight excluding hydrogens is 256 g/mol. The lowest BCUT2D eigenvalue weighted by atomic mass is 10.0. The summed E-state index contributed by atoms with van der Waals surface area (Å²) in [5.74, 6) is 6.92. The molecule has 0 aliphatic carbocycles. The van der Waals surface area contributed by atoms with Gasteiger partial charge in [-0.2, -0.15) is 0 Å². The number of benzene rings is 1. The number of ether oxygens (including phenoxy) is 2. The van der Waals surface area contributed by atoms with E-state index in [1.54, 1.807) is 19.5 Å². The van der Waals surface area contributed by atoms with Gasteiger partial charge in [0.15, 0.2) is 0 Å². The molecular formula is C14H18N4O2. The maximum Gasteiger partial charge on any atom is 0.237 e. The molecule has 0 spiro atoms. The van der Waals surface area contributed by atoms with Crippen molar-refractivity contribution in [2.75, 3.05) is 13.7 Å². The number of nitrogens with zero attached hydrogens (tertiary/aromatic N) is 2. The molecule has 0 aliphatic rings. The summed E-state index contributed by atoms with van der Waals surface area (Å²) in [5, 5.41) is 0. The lowest BCUT2D eigenvalue weighted by Crippen LogP contribution is -2.30. The lowest BCUT2D eigenvalue weighted by molar-refractivity contribution is 0.340. The molecule has 0 saturated heterocycles. The molecule has 2 aromatic rings. The molecule has 1 aromatic carbocycles. The van der Waals surface area contributed by atoms with Crippen molar-refractivity contribution in [2.45, 2.75) is 13.0 Å². The SMILES string of the molecule is CCOc1ccc(C(NN)c2nccnc2OC)cc1. The molecule has 2 rings (SSSR count). The molecule has 3 N–H and O–H groups in total. The normalized spacial score (nSPS) is 11.9. The molecule has 0 saturated carbocycles. The van der Waals surface area contributed by atoms with Crippen LogP contribution in [0.3, 0.4) is 0 Å². The smallest absolute Gasteiger partial charge is 0.237 e. The zero-order valence-corrected chi connectivity index (χ0v) is 11.5. The van der Waals surface area contributed by atoms with Crippen LogP contribution in [0.15, 0.2) is 36.7 Å². The molecule has 0 amide bonds. The Morgan fingerprint density at radius 1 is 1.20 bits per heavy atom. The number of hydrogen-bond donors (Lipinski definition) is 2. The minimum atomic E-state index is -0.297. The van der Waals surface area contributed by atoms with Gasteiger partial charge in [-0.1, -0.05) is 12.1 Å². The zero-order valence-electron chi connectivity index (χ0n) is 11.5. The number of methoxy groups -OCH3 is 1. The highest BCUT2D eigenvalue weighted by atomic mass is 16.5. The highest BCUT2D eigenvalue weighted by Gasteiger charge is 2.19. The lowest BCUT2D eigenvalue weighted by Gasteiger charge is -2.17. The molecule has 0 bridgehead atoms. The highest BCUT2D eigenvalue weighted by molar-refractivity contribution is 5.36. The first-order valence-corrected chi connectivity index (χ1v) is 6.34. The number of rotatable bonds is 6. The van der Waals surface area contributed by atoms with Gasteiger partial charge in [-0.3, -0.25) is 10.8 Å². The van der Waals surface area contributed by atoms with Crippen molar-refractivity contribution >= 4 is 0 Å². The maximum absolute atomic E-state index is 5.65. The summed E-state index contributed by atoms with van der Waals surface area (Å²) in [5.41, 5.74) is 4.33. The van der Waals surface area contributed by atoms with E-state index < -0.39 is 0 Å². The minimum Gasteiger partial charge on any atom is -0.494 e. The van der Waals surface area contributed by atoms with Gasteiger partial charge in [0.05, 0.1) is 19.8 Å². The third-order valence-electron chi connectivity index (χ3n) is 2.85. The fourth-order valence-corrected chi connectivity index (χ4v) is 1.95. The second kappa shape index (κ2) is 6.83. The zero-order chi connectivity index (χ0) is 14.4. The van der Waals surface area contributed by atoms with Gasteiger partial charge < -0.3 is 9.47 Å². The van der Waals surface area contributed by atoms with Crippen molar-refractivity contribution in [3.05, 3.63) is 47.9 Å². The van der Waals surface area contributed by atoms with E-state index in [0.717, 1.165) is 11.3 Å². The van der Waals surface area contributed by atoms with Crippen LogP contribution in [0.5, 0.6) is 11.6 Å². The summed E-state index contributed by atoms with van der Waals surface area (Å²) < 4.78 is 10.6. The molecule has 0 fully saturated rings. The molecule has 106 valence electrons. The molecule has 1 heterocycles. The van der Waals surface area contributed by atoms with Gasteiger partial charge in [-0.25, -0.2) is 10.4 Å². The molecule has 20 heavy (non-hydrogen) atoms. The third kappa shape index (κ3) is 3.04. The number of nitrogens with two attached hydrogens (primary N) is 1. The van der Waals surface area contributed by atoms with Gasteiger partial charge in [-0.05, 0) is 24.6 Å². The Balaban J connectivity index is 2.31. The second-order valence-corrected chi connectivity index (χ2v) is 4.05. The van der Waals surface area contributed by atoms with E-state index >= 15 is 0 Å². The topological polar surface area (TPSA) is 82.3 Å². The fraction of sp³-hybridized carbons (Fsp3) is 0.286. The highest BCUT2D eigenvalue weighted by Crippen LogP contribution is 2.26. The van der Waals surface area contributed by atoms with Crippen LogP contribution >= 0.6 is 0 Å². The Hall–Kier alpha value is -2.18. The average molecular weight is 274 g/mol. The van der Waals surface area contributed by atoms with E-state index in [2.05, 4.69) is 15.4 Å². The van der Waals surface area contributed by atoms with E-state index in [1.165, 1.54) is 0 Å². The molecule has 6 nitrogen and oxygen atoms in total. The van der Waals surface area contributed by atoms with E-state index in [4.69, 9.17) is 15.3 Å². The predicted molar refractivity (Wildman–Crippen MR) is 75.4 cm³/mol. The number of hydrogen-bond acceptors (Lipinski definition) is 6. The van der Waals surface area contributed by atoms with Gasteiger partial charge in [0, 0.05) is 12.4 Å². The van der Waals surface area contributed by atoms with E-state index in [9.17, 15) is 0 Å². The van der Waals surface area contributed by atoms with Crippen LogP contribution in [0.1, 0.15) is 24.2 Å². The summed E-state index contributed by atoms with van der Waals surface area (Å²) in [7, 11) is 1.55. The van der Waals surface area contributed by atoms with Crippen molar-refractivity contribution in [3.8, 4) is 11.6 Å². The monoisotopic (exact) mass is 274 g/mol. The standard InChI is InChI=1S/C14H18N4O2/c1-3-20-11-6-4-10(5-7-11)12(18-15)13-14(19-2)17-9-8-16-13/h4-9,12,18H,3,15H2,1-2H3. The van der Waals surface area contributed by atoms with Crippen molar-refractivity contribution in [1.29, 1.82) is 0 Å². The van der Waals surface area contributed by atoms with Crippen LogP contribution in [-0.4, -0.2) is 23.7 Å². The maximum atomic E-state index is 5.65. The molecule has 0 radical (unpaired) electrons. The molecule has 1 atom stereocenters. The Morgan fingerprint density at radius 3 is 2.50 bits per heavy atom. The van der Waals surface area contributed by atoms with Crippen molar-refractivity contribution in [1.82, 2.24) is 15.4 Å². The van der Waals surface area contributed by atoms with Gasteiger partial charge in [-0.15, -0.1) is 0 Å². The van der Waals surface area contributed by atoms with E-state index in [-0.39, 0.29) is 6.04 Å². The van der Waals surface area contributed by atoms with Crippen LogP contribution < -0.4 is 20.7 Å². The van der Waals surface area contributed by atoms with Crippen LogP contribution in [0.2, 0.25) is 0 Å². The minimum absolute atomic E-state index is 0.297. The van der Waals surface area contributed by atoms with Crippen LogP contribution in [0.25, 0.3) is 0 Å². The average Bonchev–Trinajstić information content (AvgIpc) is 2.50. The number of aromatic nitrogens is 2. The molecule has 0 aliphatic heterocycles. The largest absolute Gasteiger partial charge is 0.494 e. The van der Waals surface area contributed by atoms with Crippen molar-refractivity contribution in [2.24, 2.45) is 5.84 Å². The molecule has 1 unspecified atom stereocenters. The summed E-state index contributed by atoms with van der Waals surface area (Å²) >= 11 is 0. The van der Waals surface area contributed by atoms with E-state index in [0.29, 0.717) is 18.2 Å². The first-order valence-electron chi connectivity index (χ1n) is 6.34. The Morgan fingerprint density at radius 2 is 1.90 bits per heavy atom. The van der Waals surface area contributed by atoms with Crippen LogP contribution in [-0.2, 0) is 0 Å². The number of nitrogens with one attached hydrogen (secondary N) is 1. The fourth-order valence-electron chi connectivity index (χ4n) is 1.95. The van der Waals surface area contributed by atoms with Crippen LogP contribution in [0.4, 0.5) is 0 Å². The van der Waals surface area contributed by atoms with Gasteiger partial charge in [0.1, 0.15) is 11.4 Å². The molecule has 1 aromatic heterocycles. The summed E-state index contributed by atoms with van der Waals surface area (Å²) in [6.07, 6.45) is 3.19. The Labute approximate surface area is 117 Å². The third-order valence-corrected chi connectivity index (χ3v) is 2.85. The first kappa shape index (κ1) is 14.2. The van der Waals surface area contributed by atoms with Crippen molar-refractivity contribution < 1.29 is 9.47 Å². The number of hydrazine groups is 1. The Kier molecular flexibility index (Phi) is 4.86. The van der Waals surface area contributed by atoms with E-state index in [1.807, 2.05) is 31.2 Å².